The van der Waals surface area contributed by atoms with Crippen molar-refractivity contribution in [1.29, 1.82) is 0 Å². The summed E-state index contributed by atoms with van der Waals surface area (Å²) in [7, 11) is 1.69. The molecule has 0 saturated carbocycles. The highest BCUT2D eigenvalue weighted by molar-refractivity contribution is 8.00. The van der Waals surface area contributed by atoms with Gasteiger partial charge in [-0.3, -0.25) is 10.1 Å². The topological polar surface area (TPSA) is 81.0 Å². The minimum Gasteiger partial charge on any atom is -0.382 e. The van der Waals surface area contributed by atoms with Crippen molar-refractivity contribution >= 4 is 34.7 Å². The molecule has 0 atom stereocenters. The Kier molecular flexibility index (Phi) is 4.91. The summed E-state index contributed by atoms with van der Waals surface area (Å²) in [5.41, 5.74) is 1.54. The van der Waals surface area contributed by atoms with E-state index in [0.717, 1.165) is 22.1 Å². The number of nitro benzene ring substituents is 1. The Hall–Kier alpha value is -1.67. The molecule has 0 spiro atoms. The Labute approximate surface area is 124 Å². The summed E-state index contributed by atoms with van der Waals surface area (Å²) in [4.78, 5) is 15.0. The lowest BCUT2D eigenvalue weighted by Gasteiger charge is -2.08. The summed E-state index contributed by atoms with van der Waals surface area (Å²) in [5.74, 6) is 1.46. The number of benzene rings is 1. The fraction of sp³-hybridized carbons (Fsp3) is 0.333. The molecule has 20 heavy (non-hydrogen) atoms. The molecule has 0 aliphatic carbocycles. The Morgan fingerprint density at radius 1 is 1.50 bits per heavy atom. The van der Waals surface area contributed by atoms with Crippen molar-refractivity contribution in [3.05, 3.63) is 39.7 Å². The van der Waals surface area contributed by atoms with Crippen LogP contribution in [0, 0.1) is 10.1 Å². The minimum absolute atomic E-state index is 0.0945. The Morgan fingerprint density at radius 2 is 2.30 bits per heavy atom. The summed E-state index contributed by atoms with van der Waals surface area (Å²) in [5, 5.41) is 13.9. The van der Waals surface area contributed by atoms with Crippen LogP contribution in [-0.4, -0.2) is 21.3 Å². The molecular weight excluding hydrogens is 296 g/mol. The van der Waals surface area contributed by atoms with Gasteiger partial charge in [-0.15, -0.1) is 0 Å². The summed E-state index contributed by atoms with van der Waals surface area (Å²) in [6.07, 6.45) is 0.815. The van der Waals surface area contributed by atoms with Gasteiger partial charge < -0.3 is 5.32 Å². The molecular formula is C12H14N4O2S2. The summed E-state index contributed by atoms with van der Waals surface area (Å²) in [6.45, 7) is 2.01. The van der Waals surface area contributed by atoms with Crippen LogP contribution in [0.2, 0.25) is 0 Å². The molecule has 0 aliphatic heterocycles. The number of hydrogen-bond acceptors (Lipinski definition) is 7. The van der Waals surface area contributed by atoms with E-state index in [-0.39, 0.29) is 10.6 Å². The zero-order valence-electron chi connectivity index (χ0n) is 11.1. The van der Waals surface area contributed by atoms with E-state index >= 15 is 0 Å². The number of nitrogens with zero attached hydrogens (tertiary/aromatic N) is 3. The van der Waals surface area contributed by atoms with E-state index < -0.39 is 0 Å². The second kappa shape index (κ2) is 6.67. The predicted octanol–water partition coefficient (Wildman–Crippen LogP) is 3.34. The van der Waals surface area contributed by atoms with Crippen molar-refractivity contribution in [3.8, 4) is 0 Å². The molecule has 0 unspecified atom stereocenters. The van der Waals surface area contributed by atoms with Gasteiger partial charge in [0.05, 0.1) is 4.92 Å². The number of nitrogens with one attached hydrogen (secondary N) is 1. The van der Waals surface area contributed by atoms with E-state index in [4.69, 9.17) is 0 Å². The van der Waals surface area contributed by atoms with Crippen molar-refractivity contribution in [2.45, 2.75) is 23.4 Å². The molecule has 2 aromatic rings. The van der Waals surface area contributed by atoms with Crippen molar-refractivity contribution in [2.24, 2.45) is 0 Å². The highest BCUT2D eigenvalue weighted by atomic mass is 32.2. The standard InChI is InChI=1S/C12H14N4O2S2/c1-3-10-14-12(20-15-10)19-7-8-5-4-6-9(16(17)18)11(8)13-2/h4-6,13H,3,7H2,1-2H3. The van der Waals surface area contributed by atoms with Gasteiger partial charge in [-0.05, 0) is 17.1 Å². The second-order valence-electron chi connectivity index (χ2n) is 3.94. The smallest absolute Gasteiger partial charge is 0.292 e. The van der Waals surface area contributed by atoms with Crippen LogP contribution >= 0.6 is 23.3 Å². The third kappa shape index (κ3) is 3.26. The van der Waals surface area contributed by atoms with Gasteiger partial charge in [0.25, 0.3) is 5.69 Å². The summed E-state index contributed by atoms with van der Waals surface area (Å²) < 4.78 is 5.11. The second-order valence-corrected chi connectivity index (χ2v) is 5.91. The van der Waals surface area contributed by atoms with Gasteiger partial charge >= 0.3 is 0 Å². The predicted molar refractivity (Wildman–Crippen MR) is 81.5 cm³/mol. The quantitative estimate of drug-likeness (QED) is 0.500. The first-order valence-corrected chi connectivity index (χ1v) is 7.81. The number of anilines is 1. The number of thioether (sulfide) groups is 1. The van der Waals surface area contributed by atoms with Gasteiger partial charge in [-0.2, -0.15) is 4.37 Å². The average Bonchev–Trinajstić information content (AvgIpc) is 2.92. The largest absolute Gasteiger partial charge is 0.382 e. The van der Waals surface area contributed by atoms with Gasteiger partial charge in [-0.25, -0.2) is 4.98 Å². The van der Waals surface area contributed by atoms with Gasteiger partial charge in [-0.1, -0.05) is 30.8 Å². The van der Waals surface area contributed by atoms with E-state index in [1.54, 1.807) is 24.9 Å². The van der Waals surface area contributed by atoms with Crippen LogP contribution < -0.4 is 5.32 Å². The lowest BCUT2D eigenvalue weighted by Crippen LogP contribution is -2.00. The molecule has 1 heterocycles. The molecule has 0 amide bonds. The number of aryl methyl sites for hydroxylation is 1. The van der Waals surface area contributed by atoms with Crippen LogP contribution in [0.1, 0.15) is 18.3 Å². The first-order chi connectivity index (χ1) is 9.65. The van der Waals surface area contributed by atoms with E-state index in [1.165, 1.54) is 17.6 Å². The molecule has 106 valence electrons. The van der Waals surface area contributed by atoms with Crippen LogP contribution in [0.4, 0.5) is 11.4 Å². The van der Waals surface area contributed by atoms with Crippen LogP contribution in [-0.2, 0) is 12.2 Å². The van der Waals surface area contributed by atoms with Crippen LogP contribution in [0.5, 0.6) is 0 Å². The monoisotopic (exact) mass is 310 g/mol. The molecule has 8 heteroatoms. The lowest BCUT2D eigenvalue weighted by atomic mass is 10.1. The number of nitro groups is 1. The maximum atomic E-state index is 11.0. The number of aromatic nitrogens is 2. The van der Waals surface area contributed by atoms with Gasteiger partial charge in [0.2, 0.25) is 0 Å². The SMILES string of the molecule is CCc1nsc(SCc2cccc([N+](=O)[O-])c2NC)n1. The number of hydrogen-bond donors (Lipinski definition) is 1. The van der Waals surface area contributed by atoms with Crippen LogP contribution in [0.25, 0.3) is 0 Å². The molecule has 0 radical (unpaired) electrons. The third-order valence-corrected chi connectivity index (χ3v) is 4.61. The fourth-order valence-corrected chi connectivity index (χ4v) is 3.42. The summed E-state index contributed by atoms with van der Waals surface area (Å²) >= 11 is 2.91. The molecule has 1 aromatic carbocycles. The first kappa shape index (κ1) is 14.7. The van der Waals surface area contributed by atoms with E-state index in [1.807, 2.05) is 13.0 Å². The first-order valence-electron chi connectivity index (χ1n) is 6.05. The Balaban J connectivity index is 2.16. The maximum absolute atomic E-state index is 11.0. The molecule has 0 fully saturated rings. The van der Waals surface area contributed by atoms with Crippen molar-refractivity contribution in [1.82, 2.24) is 9.36 Å². The van der Waals surface area contributed by atoms with Crippen molar-refractivity contribution in [2.75, 3.05) is 12.4 Å². The van der Waals surface area contributed by atoms with E-state index in [2.05, 4.69) is 14.7 Å². The lowest BCUT2D eigenvalue weighted by molar-refractivity contribution is -0.384. The van der Waals surface area contributed by atoms with Crippen LogP contribution in [0.15, 0.2) is 22.5 Å². The average molecular weight is 310 g/mol. The van der Waals surface area contributed by atoms with E-state index in [9.17, 15) is 10.1 Å². The zero-order valence-corrected chi connectivity index (χ0v) is 12.8. The fourth-order valence-electron chi connectivity index (χ4n) is 1.73. The van der Waals surface area contributed by atoms with Crippen molar-refractivity contribution < 1.29 is 4.92 Å². The minimum atomic E-state index is -0.375. The molecule has 0 aliphatic rings. The molecule has 6 nitrogen and oxygen atoms in total. The molecule has 0 saturated heterocycles. The van der Waals surface area contributed by atoms with Gasteiger partial charge in [0.15, 0.2) is 4.34 Å². The maximum Gasteiger partial charge on any atom is 0.292 e. The third-order valence-electron chi connectivity index (χ3n) is 2.69. The molecule has 1 N–H and O–H groups in total. The number of rotatable bonds is 6. The van der Waals surface area contributed by atoms with Crippen LogP contribution in [0.3, 0.4) is 0 Å². The van der Waals surface area contributed by atoms with E-state index in [0.29, 0.717) is 11.4 Å². The molecule has 1 aromatic heterocycles. The molecule has 0 bridgehead atoms. The summed E-state index contributed by atoms with van der Waals surface area (Å²) in [6, 6.07) is 5.08. The molecule has 2 rings (SSSR count). The highest BCUT2D eigenvalue weighted by Crippen LogP contribution is 2.33. The number of para-hydroxylation sites is 1. The highest BCUT2D eigenvalue weighted by Gasteiger charge is 2.16. The van der Waals surface area contributed by atoms with Crippen molar-refractivity contribution in [3.63, 3.8) is 0 Å². The van der Waals surface area contributed by atoms with Gasteiger partial charge in [0.1, 0.15) is 11.5 Å². The zero-order chi connectivity index (χ0) is 14.5. The van der Waals surface area contributed by atoms with Gasteiger partial charge in [0, 0.05) is 25.3 Å². The normalized spacial score (nSPS) is 10.5. The Bertz CT molecular complexity index is 615. The Morgan fingerprint density at radius 3 is 2.90 bits per heavy atom.